The predicted octanol–water partition coefficient (Wildman–Crippen LogP) is 0.115. The van der Waals surface area contributed by atoms with Gasteiger partial charge in [0.25, 0.3) is 0 Å². The Bertz CT molecular complexity index is 522. The van der Waals surface area contributed by atoms with Crippen LogP contribution in [0.2, 0.25) is 0 Å². The highest BCUT2D eigenvalue weighted by Gasteiger charge is 2.32. The minimum absolute atomic E-state index is 0.0261. The third-order valence-corrected chi connectivity index (χ3v) is 3.18. The molecule has 1 fully saturated rings. The van der Waals surface area contributed by atoms with Gasteiger partial charge in [0.1, 0.15) is 12.4 Å². The van der Waals surface area contributed by atoms with Gasteiger partial charge in [0, 0.05) is 6.07 Å². The minimum Gasteiger partial charge on any atom is -0.501 e. The molecule has 1 aromatic rings. The van der Waals surface area contributed by atoms with Gasteiger partial charge in [-0.25, -0.2) is 0 Å². The molecule has 2 N–H and O–H groups in total. The van der Waals surface area contributed by atoms with Crippen LogP contribution in [0.3, 0.4) is 0 Å². The Kier molecular flexibility index (Phi) is 3.49. The van der Waals surface area contributed by atoms with Gasteiger partial charge in [-0.15, -0.1) is 0 Å². The number of Topliss-reactive ketones (excluding diaryl/α,β-unsaturated/α-hetero) is 1. The third-order valence-electron chi connectivity index (χ3n) is 3.18. The minimum atomic E-state index is -0.714. The van der Waals surface area contributed by atoms with Crippen LogP contribution in [0.1, 0.15) is 29.2 Å². The van der Waals surface area contributed by atoms with Gasteiger partial charge in [-0.05, 0) is 26.4 Å². The Morgan fingerprint density at radius 1 is 1.61 bits per heavy atom. The molecule has 1 atom stereocenters. The lowest BCUT2D eigenvalue weighted by Gasteiger charge is -2.17. The Hall–Kier alpha value is -1.66. The normalized spacial score (nSPS) is 20.2. The third kappa shape index (κ3) is 2.16. The van der Waals surface area contributed by atoms with E-state index >= 15 is 0 Å². The van der Waals surface area contributed by atoms with Crippen LogP contribution in [-0.2, 0) is 6.61 Å². The number of likely N-dealkylation sites (tertiary alicyclic amines) is 1. The van der Waals surface area contributed by atoms with Gasteiger partial charge in [0.15, 0.2) is 0 Å². The monoisotopic (exact) mass is 253 g/mol. The van der Waals surface area contributed by atoms with E-state index in [0.717, 1.165) is 19.0 Å². The van der Waals surface area contributed by atoms with E-state index in [1.54, 1.807) is 7.05 Å². The molecule has 0 spiro atoms. The Labute approximate surface area is 103 Å². The number of aromatic hydroxyl groups is 1. The highest BCUT2D eigenvalue weighted by atomic mass is 16.4. The summed E-state index contributed by atoms with van der Waals surface area (Å²) in [5.74, 6) is -1.48. The van der Waals surface area contributed by atoms with Gasteiger partial charge in [0.05, 0.1) is 6.04 Å². The van der Waals surface area contributed by atoms with Crippen molar-refractivity contribution < 1.29 is 19.4 Å². The number of likely N-dealkylation sites (N-methyl/N-ethyl adjacent to an activating group) is 1. The Balaban J connectivity index is 2.41. The number of rotatable bonds is 3. The second-order valence-electron chi connectivity index (χ2n) is 4.42. The summed E-state index contributed by atoms with van der Waals surface area (Å²) >= 11 is 0. The maximum absolute atomic E-state index is 12.2. The molecule has 0 aliphatic carbocycles. The molecule has 2 heterocycles. The molecule has 0 aromatic carbocycles. The van der Waals surface area contributed by atoms with Crippen molar-refractivity contribution >= 4 is 5.78 Å². The summed E-state index contributed by atoms with van der Waals surface area (Å²) in [6.07, 6.45) is 1.55. The fourth-order valence-corrected chi connectivity index (χ4v) is 2.17. The van der Waals surface area contributed by atoms with Gasteiger partial charge in [-0.3, -0.25) is 14.5 Å². The van der Waals surface area contributed by atoms with Gasteiger partial charge in [-0.2, -0.15) is 0 Å². The average Bonchev–Trinajstić information content (AvgIpc) is 2.78. The first-order valence-electron chi connectivity index (χ1n) is 5.76. The topological polar surface area (TPSA) is 91.0 Å². The molecule has 1 aliphatic rings. The summed E-state index contributed by atoms with van der Waals surface area (Å²) in [5.41, 5.74) is -0.714. The van der Waals surface area contributed by atoms with E-state index in [1.807, 2.05) is 4.90 Å². The van der Waals surface area contributed by atoms with Crippen molar-refractivity contribution in [3.05, 3.63) is 27.8 Å². The van der Waals surface area contributed by atoms with Crippen molar-refractivity contribution in [2.75, 3.05) is 13.6 Å². The largest absolute Gasteiger partial charge is 0.501 e. The first kappa shape index (κ1) is 12.8. The number of carbonyl (C=O) groups is 1. The quantitative estimate of drug-likeness (QED) is 0.743. The Morgan fingerprint density at radius 3 is 2.89 bits per heavy atom. The van der Waals surface area contributed by atoms with Crippen LogP contribution in [0.25, 0.3) is 0 Å². The summed E-state index contributed by atoms with van der Waals surface area (Å²) in [7, 11) is 1.81. The predicted molar refractivity (Wildman–Crippen MR) is 62.5 cm³/mol. The number of aliphatic hydroxyl groups excluding tert-OH is 1. The van der Waals surface area contributed by atoms with Crippen molar-refractivity contribution in [2.24, 2.45) is 0 Å². The van der Waals surface area contributed by atoms with Gasteiger partial charge in [-0.1, -0.05) is 0 Å². The fraction of sp³-hybridized carbons (Fsp3) is 0.500. The molecule has 0 amide bonds. The molecule has 0 radical (unpaired) electrons. The maximum Gasteiger partial charge on any atom is 0.227 e. The number of hydrogen-bond donors (Lipinski definition) is 2. The molecular weight excluding hydrogens is 238 g/mol. The highest BCUT2D eigenvalue weighted by Crippen LogP contribution is 2.23. The maximum atomic E-state index is 12.2. The lowest BCUT2D eigenvalue weighted by Crippen LogP contribution is -2.33. The fourth-order valence-electron chi connectivity index (χ4n) is 2.17. The molecule has 0 unspecified atom stereocenters. The van der Waals surface area contributed by atoms with Crippen LogP contribution < -0.4 is 5.43 Å². The smallest absolute Gasteiger partial charge is 0.227 e. The van der Waals surface area contributed by atoms with E-state index in [0.29, 0.717) is 6.42 Å². The van der Waals surface area contributed by atoms with Crippen LogP contribution in [0.15, 0.2) is 15.3 Å². The highest BCUT2D eigenvalue weighted by molar-refractivity contribution is 5.99. The van der Waals surface area contributed by atoms with Gasteiger partial charge < -0.3 is 14.6 Å². The van der Waals surface area contributed by atoms with Crippen LogP contribution in [0.4, 0.5) is 0 Å². The van der Waals surface area contributed by atoms with Crippen molar-refractivity contribution in [3.8, 4) is 5.75 Å². The van der Waals surface area contributed by atoms with Gasteiger partial charge >= 0.3 is 0 Å². The molecule has 0 saturated carbocycles. The van der Waals surface area contributed by atoms with E-state index in [4.69, 9.17) is 9.52 Å². The molecule has 1 aromatic heterocycles. The van der Waals surface area contributed by atoms with Crippen molar-refractivity contribution in [1.82, 2.24) is 4.90 Å². The molecule has 2 rings (SSSR count). The second kappa shape index (κ2) is 4.91. The molecule has 98 valence electrons. The lowest BCUT2D eigenvalue weighted by atomic mass is 10.1. The standard InChI is InChI=1S/C12H15NO5/c1-13-4-2-3-8(13)10(16)12-11(17)9(15)5-7(6-14)18-12/h5,8,14,17H,2-4,6H2,1H3/t8-/m1/s1. The van der Waals surface area contributed by atoms with E-state index in [1.165, 1.54) is 0 Å². The van der Waals surface area contributed by atoms with Crippen molar-refractivity contribution in [1.29, 1.82) is 0 Å². The average molecular weight is 253 g/mol. The van der Waals surface area contributed by atoms with Crippen LogP contribution in [-0.4, -0.2) is 40.5 Å². The molecule has 1 aliphatic heterocycles. The van der Waals surface area contributed by atoms with Crippen molar-refractivity contribution in [2.45, 2.75) is 25.5 Å². The SMILES string of the molecule is CN1CCC[C@@H]1C(=O)c1oc(CO)cc(=O)c1O. The number of ketones is 1. The summed E-state index contributed by atoms with van der Waals surface area (Å²) in [5, 5.41) is 18.5. The summed E-state index contributed by atoms with van der Waals surface area (Å²) in [6.45, 7) is 0.303. The summed E-state index contributed by atoms with van der Waals surface area (Å²) < 4.78 is 5.08. The van der Waals surface area contributed by atoms with Gasteiger partial charge in [0.2, 0.25) is 22.7 Å². The summed E-state index contributed by atoms with van der Waals surface area (Å²) in [4.78, 5) is 25.5. The Morgan fingerprint density at radius 2 is 2.33 bits per heavy atom. The lowest BCUT2D eigenvalue weighted by molar-refractivity contribution is 0.0847. The molecule has 6 nitrogen and oxygen atoms in total. The number of hydrogen-bond acceptors (Lipinski definition) is 6. The number of nitrogens with zero attached hydrogens (tertiary/aromatic N) is 1. The van der Waals surface area contributed by atoms with E-state index in [2.05, 4.69) is 0 Å². The molecule has 0 bridgehead atoms. The van der Waals surface area contributed by atoms with Crippen LogP contribution in [0.5, 0.6) is 5.75 Å². The van der Waals surface area contributed by atoms with E-state index < -0.39 is 23.6 Å². The van der Waals surface area contributed by atoms with Crippen LogP contribution >= 0.6 is 0 Å². The molecule has 1 saturated heterocycles. The zero-order valence-electron chi connectivity index (χ0n) is 10.0. The van der Waals surface area contributed by atoms with E-state index in [9.17, 15) is 14.7 Å². The number of carbonyl (C=O) groups excluding carboxylic acids is 1. The zero-order chi connectivity index (χ0) is 13.3. The first-order chi connectivity index (χ1) is 8.54. The summed E-state index contributed by atoms with van der Waals surface area (Å²) in [6, 6.07) is 0.595. The van der Waals surface area contributed by atoms with Crippen molar-refractivity contribution in [3.63, 3.8) is 0 Å². The molecular formula is C12H15NO5. The second-order valence-corrected chi connectivity index (χ2v) is 4.42. The molecule has 18 heavy (non-hydrogen) atoms. The van der Waals surface area contributed by atoms with Crippen LogP contribution in [0, 0.1) is 0 Å². The molecule has 6 heteroatoms. The van der Waals surface area contributed by atoms with E-state index in [-0.39, 0.29) is 17.6 Å². The first-order valence-corrected chi connectivity index (χ1v) is 5.76. The number of aliphatic hydroxyl groups is 1. The zero-order valence-corrected chi connectivity index (χ0v) is 10.0.